The summed E-state index contributed by atoms with van der Waals surface area (Å²) in [4.78, 5) is 29.0. The number of Topliss-reactive ketones (excluding diaryl/α,β-unsaturated/α-hetero) is 1. The highest BCUT2D eigenvalue weighted by atomic mass is 32.2. The van der Waals surface area contributed by atoms with E-state index in [9.17, 15) is 14.7 Å². The highest BCUT2D eigenvalue weighted by Gasteiger charge is 2.48. The van der Waals surface area contributed by atoms with Crippen LogP contribution in [0.4, 0.5) is 5.13 Å². The maximum atomic E-state index is 13.8. The zero-order valence-electron chi connectivity index (χ0n) is 26.6. The van der Waals surface area contributed by atoms with E-state index < -0.39 is 17.7 Å². The predicted molar refractivity (Wildman–Crippen MR) is 184 cm³/mol. The van der Waals surface area contributed by atoms with Gasteiger partial charge < -0.3 is 19.3 Å². The van der Waals surface area contributed by atoms with Crippen LogP contribution in [-0.2, 0) is 21.8 Å². The number of anilines is 1. The van der Waals surface area contributed by atoms with Crippen LogP contribution in [0.2, 0.25) is 0 Å². The number of amides is 1. The molecule has 0 spiro atoms. The summed E-state index contributed by atoms with van der Waals surface area (Å²) >= 11 is 2.73. The second-order valence-corrected chi connectivity index (χ2v) is 13.6. The molecule has 244 valence electrons. The van der Waals surface area contributed by atoms with Crippen LogP contribution < -0.4 is 19.1 Å². The first kappa shape index (κ1) is 32.6. The first-order valence-corrected chi connectivity index (χ1v) is 17.7. The number of hydrogen-bond donors (Lipinski definition) is 1. The van der Waals surface area contributed by atoms with E-state index in [-0.39, 0.29) is 22.6 Å². The van der Waals surface area contributed by atoms with E-state index in [0.29, 0.717) is 52.4 Å². The van der Waals surface area contributed by atoms with E-state index in [4.69, 9.17) is 14.2 Å². The molecule has 1 N–H and O–H groups in total. The minimum Gasteiger partial charge on any atom is -0.507 e. The third kappa shape index (κ3) is 7.01. The third-order valence-electron chi connectivity index (χ3n) is 8.01. The number of carbonyl (C=O) groups is 2. The molecule has 1 amide bonds. The van der Waals surface area contributed by atoms with Crippen molar-refractivity contribution in [2.24, 2.45) is 0 Å². The Labute approximate surface area is 282 Å². The molecule has 3 heterocycles. The number of nitrogens with zero attached hydrogens (tertiary/aromatic N) is 3. The number of fused-ring (bicyclic) bond motifs is 1. The van der Waals surface area contributed by atoms with Crippen molar-refractivity contribution in [3.05, 3.63) is 94.6 Å². The van der Waals surface area contributed by atoms with E-state index in [1.165, 1.54) is 28.0 Å². The molecule has 1 aromatic heterocycles. The monoisotopic (exact) mass is 671 g/mol. The molecule has 3 aromatic carbocycles. The second kappa shape index (κ2) is 14.6. The van der Waals surface area contributed by atoms with Gasteiger partial charge in [0, 0.05) is 17.7 Å². The number of hydrogen-bond acceptors (Lipinski definition) is 10. The van der Waals surface area contributed by atoms with Gasteiger partial charge in [-0.3, -0.25) is 14.5 Å². The smallest absolute Gasteiger partial charge is 0.301 e. The average Bonchev–Trinajstić information content (AvgIpc) is 3.77. The van der Waals surface area contributed by atoms with Gasteiger partial charge in [-0.2, -0.15) is 0 Å². The molecule has 11 heteroatoms. The summed E-state index contributed by atoms with van der Waals surface area (Å²) in [5.41, 5.74) is 3.03. The molecule has 0 radical (unpaired) electrons. The summed E-state index contributed by atoms with van der Waals surface area (Å²) in [5.74, 6) is 0.637. The Bertz CT molecular complexity index is 1790. The van der Waals surface area contributed by atoms with Gasteiger partial charge in [0.15, 0.2) is 15.8 Å². The summed E-state index contributed by atoms with van der Waals surface area (Å²) in [6, 6.07) is 19.7. The third-order valence-corrected chi connectivity index (χ3v) is 10.1. The maximum Gasteiger partial charge on any atom is 0.301 e. The Balaban J connectivity index is 1.40. The molecular formula is C36H37N3O6S2. The first-order valence-electron chi connectivity index (χ1n) is 15.9. The van der Waals surface area contributed by atoms with Crippen molar-refractivity contribution in [1.29, 1.82) is 0 Å². The van der Waals surface area contributed by atoms with Crippen LogP contribution in [-0.4, -0.2) is 46.3 Å². The highest BCUT2D eigenvalue weighted by Crippen LogP contribution is 2.46. The van der Waals surface area contributed by atoms with Gasteiger partial charge in [0.2, 0.25) is 5.13 Å². The fourth-order valence-corrected chi connectivity index (χ4v) is 7.59. The van der Waals surface area contributed by atoms with Crippen molar-refractivity contribution in [2.45, 2.75) is 68.7 Å². The largest absolute Gasteiger partial charge is 0.507 e. The molecule has 6 rings (SSSR count). The van der Waals surface area contributed by atoms with Crippen LogP contribution in [0.15, 0.2) is 76.6 Å². The number of benzene rings is 3. The number of thioether (sulfide) groups is 1. The maximum absolute atomic E-state index is 13.8. The van der Waals surface area contributed by atoms with Gasteiger partial charge in [-0.1, -0.05) is 79.3 Å². The van der Waals surface area contributed by atoms with Crippen molar-refractivity contribution in [3.8, 4) is 17.2 Å². The summed E-state index contributed by atoms with van der Waals surface area (Å²) in [5, 5.41) is 20.7. The van der Waals surface area contributed by atoms with Gasteiger partial charge >= 0.3 is 5.91 Å². The van der Waals surface area contributed by atoms with Crippen LogP contribution >= 0.6 is 23.1 Å². The molecule has 1 saturated heterocycles. The number of rotatable bonds is 13. The number of ketones is 1. The van der Waals surface area contributed by atoms with Crippen molar-refractivity contribution in [2.75, 3.05) is 18.1 Å². The molecule has 0 aliphatic carbocycles. The van der Waals surface area contributed by atoms with E-state index in [0.717, 1.165) is 36.1 Å². The van der Waals surface area contributed by atoms with Crippen molar-refractivity contribution in [3.63, 3.8) is 0 Å². The van der Waals surface area contributed by atoms with Crippen molar-refractivity contribution >= 4 is 45.7 Å². The Morgan fingerprint density at radius 3 is 2.64 bits per heavy atom. The standard InChI is InChI=1S/C36H37N3O6S2/c1-4-6-10-17-44-28-16-13-24(20-29(28)43-5-2)31-30(32(40)25-14-15-27-26(19-25)18-22(3)45-27)33(41)34(42)39(31)35-37-38-36(47-35)46-21-23-11-8-7-9-12-23/h7-9,11-16,19-20,22,31,40H,4-6,10,17-18,21H2,1-3H3/b32-30+/t22-,31-/m0/s1. The molecular weight excluding hydrogens is 635 g/mol. The number of aromatic nitrogens is 2. The van der Waals surface area contributed by atoms with Gasteiger partial charge in [-0.05, 0) is 67.3 Å². The number of aliphatic hydroxyl groups is 1. The second-order valence-electron chi connectivity index (χ2n) is 11.4. The summed E-state index contributed by atoms with van der Waals surface area (Å²) in [6.07, 6.45) is 3.74. The number of carbonyl (C=O) groups excluding carboxylic acids is 2. The van der Waals surface area contributed by atoms with Gasteiger partial charge in [0.25, 0.3) is 5.78 Å². The van der Waals surface area contributed by atoms with E-state index in [2.05, 4.69) is 17.1 Å². The van der Waals surface area contributed by atoms with Crippen LogP contribution in [0.1, 0.15) is 68.3 Å². The van der Waals surface area contributed by atoms with Gasteiger partial charge in [-0.25, -0.2) is 0 Å². The molecule has 2 aliphatic heterocycles. The van der Waals surface area contributed by atoms with E-state index in [1.807, 2.05) is 50.2 Å². The lowest BCUT2D eigenvalue weighted by molar-refractivity contribution is -0.132. The SMILES string of the molecule is CCCCCOc1ccc([C@H]2/C(=C(\O)c3ccc4c(c3)C[C@H](C)O4)C(=O)C(=O)N2c2nnc(SCc3ccccc3)s2)cc1OCC. The lowest BCUT2D eigenvalue weighted by Gasteiger charge is -2.23. The van der Waals surface area contributed by atoms with Gasteiger partial charge in [0.05, 0.1) is 24.8 Å². The molecule has 47 heavy (non-hydrogen) atoms. The predicted octanol–water partition coefficient (Wildman–Crippen LogP) is 7.75. The van der Waals surface area contributed by atoms with Crippen LogP contribution in [0.3, 0.4) is 0 Å². The molecule has 0 unspecified atom stereocenters. The minimum atomic E-state index is -0.980. The molecule has 9 nitrogen and oxygen atoms in total. The number of unbranched alkanes of at least 4 members (excludes halogenated alkanes) is 2. The fourth-order valence-electron chi connectivity index (χ4n) is 5.76. The Hall–Kier alpha value is -4.35. The summed E-state index contributed by atoms with van der Waals surface area (Å²) < 4.78 is 18.5. The van der Waals surface area contributed by atoms with Crippen LogP contribution in [0.25, 0.3) is 5.76 Å². The summed E-state index contributed by atoms with van der Waals surface area (Å²) in [7, 11) is 0. The molecule has 2 aliphatic rings. The van der Waals surface area contributed by atoms with Gasteiger partial charge in [-0.15, -0.1) is 10.2 Å². The Morgan fingerprint density at radius 1 is 1.02 bits per heavy atom. The van der Waals surface area contributed by atoms with Crippen LogP contribution in [0, 0.1) is 0 Å². The number of ether oxygens (including phenoxy) is 3. The number of aliphatic hydroxyl groups excluding tert-OH is 1. The summed E-state index contributed by atoms with van der Waals surface area (Å²) in [6.45, 7) is 6.93. The van der Waals surface area contributed by atoms with Gasteiger partial charge in [0.1, 0.15) is 17.6 Å². The Kier molecular flexibility index (Phi) is 10.1. The van der Waals surface area contributed by atoms with Crippen LogP contribution in [0.5, 0.6) is 17.2 Å². The van der Waals surface area contributed by atoms with E-state index >= 15 is 0 Å². The van der Waals surface area contributed by atoms with Crippen molar-refractivity contribution in [1.82, 2.24) is 10.2 Å². The molecule has 0 saturated carbocycles. The highest BCUT2D eigenvalue weighted by molar-refractivity contribution is 8.00. The van der Waals surface area contributed by atoms with Crippen molar-refractivity contribution < 1.29 is 28.9 Å². The normalized spacial score (nSPS) is 18.3. The molecule has 0 bridgehead atoms. The molecule has 2 atom stereocenters. The molecule has 1 fully saturated rings. The average molecular weight is 672 g/mol. The minimum absolute atomic E-state index is 0.0130. The lowest BCUT2D eigenvalue weighted by Crippen LogP contribution is -2.29. The molecule has 4 aromatic rings. The zero-order chi connectivity index (χ0) is 32.9. The fraction of sp³-hybridized carbons (Fsp3) is 0.333. The quantitative estimate of drug-likeness (QED) is 0.0381. The Morgan fingerprint density at radius 2 is 1.85 bits per heavy atom. The zero-order valence-corrected chi connectivity index (χ0v) is 28.2. The van der Waals surface area contributed by atoms with E-state index in [1.54, 1.807) is 30.3 Å². The first-order chi connectivity index (χ1) is 22.9. The lowest BCUT2D eigenvalue weighted by atomic mass is 9.94. The topological polar surface area (TPSA) is 111 Å².